The van der Waals surface area contributed by atoms with Crippen LogP contribution in [0.1, 0.15) is 16.7 Å². The second-order valence-electron chi connectivity index (χ2n) is 5.15. The molecule has 0 atom stereocenters. The highest BCUT2D eigenvalue weighted by atomic mass is 16.7. The number of non-ortho nitro benzene ring substituents is 1. The minimum Gasteiger partial charge on any atom is -0.481 e. The fourth-order valence-corrected chi connectivity index (χ4v) is 2.47. The van der Waals surface area contributed by atoms with Gasteiger partial charge in [0.1, 0.15) is 0 Å². The minimum atomic E-state index is -0.936. The Bertz CT molecular complexity index is 769. The molecule has 7 nitrogen and oxygen atoms in total. The number of carboxylic acid groups (broad SMARTS) is 1. The molecule has 1 aliphatic rings. The average Bonchev–Trinajstić information content (AvgIpc) is 2.94. The maximum absolute atomic E-state index is 11.0. The number of rotatable bonds is 5. The molecule has 1 aliphatic heterocycles. The lowest BCUT2D eigenvalue weighted by atomic mass is 9.97. The monoisotopic (exact) mass is 315 g/mol. The van der Waals surface area contributed by atoms with Crippen molar-refractivity contribution in [2.75, 3.05) is 6.79 Å². The van der Waals surface area contributed by atoms with Crippen LogP contribution in [0.15, 0.2) is 36.4 Å². The van der Waals surface area contributed by atoms with Crippen molar-refractivity contribution in [3.05, 3.63) is 63.2 Å². The largest absolute Gasteiger partial charge is 0.481 e. The number of nitro groups is 1. The maximum Gasteiger partial charge on any atom is 0.307 e. The van der Waals surface area contributed by atoms with Crippen molar-refractivity contribution >= 4 is 11.7 Å². The van der Waals surface area contributed by atoms with E-state index < -0.39 is 10.9 Å². The molecular weight excluding hydrogens is 302 g/mol. The molecule has 0 saturated heterocycles. The van der Waals surface area contributed by atoms with Crippen LogP contribution < -0.4 is 9.47 Å². The summed E-state index contributed by atoms with van der Waals surface area (Å²) >= 11 is 0. The molecule has 0 amide bonds. The number of ether oxygens (including phenoxy) is 2. The molecule has 0 unspecified atom stereocenters. The van der Waals surface area contributed by atoms with Gasteiger partial charge in [0.05, 0.1) is 11.3 Å². The molecule has 2 aromatic rings. The van der Waals surface area contributed by atoms with Crippen molar-refractivity contribution in [1.29, 1.82) is 0 Å². The quantitative estimate of drug-likeness (QED) is 0.672. The highest BCUT2D eigenvalue weighted by Crippen LogP contribution is 2.36. The van der Waals surface area contributed by atoms with Gasteiger partial charge in [-0.05, 0) is 35.2 Å². The Morgan fingerprint density at radius 2 is 1.74 bits per heavy atom. The first-order chi connectivity index (χ1) is 11.0. The number of carbonyl (C=O) groups is 1. The van der Waals surface area contributed by atoms with Crippen molar-refractivity contribution in [2.45, 2.75) is 12.8 Å². The summed E-state index contributed by atoms with van der Waals surface area (Å²) in [6, 6.07) is 9.62. The van der Waals surface area contributed by atoms with Crippen LogP contribution in [0.2, 0.25) is 0 Å². The maximum atomic E-state index is 11.0. The molecule has 118 valence electrons. The average molecular weight is 315 g/mol. The van der Waals surface area contributed by atoms with Crippen LogP contribution in [-0.2, 0) is 17.6 Å². The van der Waals surface area contributed by atoms with E-state index in [1.165, 1.54) is 12.1 Å². The van der Waals surface area contributed by atoms with Crippen LogP contribution in [-0.4, -0.2) is 22.8 Å². The summed E-state index contributed by atoms with van der Waals surface area (Å²) in [5.41, 5.74) is 2.30. The van der Waals surface area contributed by atoms with E-state index in [1.54, 1.807) is 24.3 Å². The molecule has 1 heterocycles. The van der Waals surface area contributed by atoms with E-state index in [0.717, 1.165) is 11.1 Å². The number of carboxylic acids is 1. The van der Waals surface area contributed by atoms with E-state index in [-0.39, 0.29) is 18.9 Å². The van der Waals surface area contributed by atoms with Gasteiger partial charge >= 0.3 is 5.97 Å². The fourth-order valence-electron chi connectivity index (χ4n) is 2.47. The summed E-state index contributed by atoms with van der Waals surface area (Å²) < 4.78 is 10.6. The van der Waals surface area contributed by atoms with Gasteiger partial charge in [0.2, 0.25) is 6.79 Å². The number of aliphatic carboxylic acids is 1. The summed E-state index contributed by atoms with van der Waals surface area (Å²) in [7, 11) is 0. The third kappa shape index (κ3) is 3.23. The Morgan fingerprint density at radius 3 is 2.30 bits per heavy atom. The van der Waals surface area contributed by atoms with Gasteiger partial charge in [0.25, 0.3) is 5.69 Å². The summed E-state index contributed by atoms with van der Waals surface area (Å²) in [6.07, 6.45) is 0.330. The molecule has 1 N–H and O–H groups in total. The van der Waals surface area contributed by atoms with Crippen molar-refractivity contribution in [2.24, 2.45) is 0 Å². The number of hydrogen-bond donors (Lipinski definition) is 1. The SMILES string of the molecule is O=C(O)Cc1cc2c(cc1Cc1ccc([N+](=O)[O-])cc1)OCO2. The van der Waals surface area contributed by atoms with E-state index in [9.17, 15) is 14.9 Å². The van der Waals surface area contributed by atoms with E-state index in [2.05, 4.69) is 0 Å². The third-order valence-electron chi connectivity index (χ3n) is 3.58. The van der Waals surface area contributed by atoms with Gasteiger partial charge in [-0.15, -0.1) is 0 Å². The van der Waals surface area contributed by atoms with Crippen LogP contribution in [0, 0.1) is 10.1 Å². The minimum absolute atomic E-state index is 0.0187. The van der Waals surface area contributed by atoms with Crippen molar-refractivity contribution < 1.29 is 24.3 Å². The van der Waals surface area contributed by atoms with Crippen LogP contribution in [0.5, 0.6) is 11.5 Å². The molecule has 0 saturated carbocycles. The molecule has 0 spiro atoms. The lowest BCUT2D eigenvalue weighted by molar-refractivity contribution is -0.384. The molecule has 0 radical (unpaired) electrons. The van der Waals surface area contributed by atoms with Gasteiger partial charge < -0.3 is 14.6 Å². The smallest absolute Gasteiger partial charge is 0.307 e. The van der Waals surface area contributed by atoms with E-state index in [4.69, 9.17) is 14.6 Å². The standard InChI is InChI=1S/C16H13NO6/c18-16(19)8-12-7-15-14(22-9-23-15)6-11(12)5-10-1-3-13(4-2-10)17(20)21/h1-4,6-7H,5,8-9H2,(H,18,19). The van der Waals surface area contributed by atoms with Crippen molar-refractivity contribution in [3.8, 4) is 11.5 Å². The molecule has 0 bridgehead atoms. The number of nitro benzene ring substituents is 1. The first-order valence-corrected chi connectivity index (χ1v) is 6.89. The predicted molar refractivity (Wildman–Crippen MR) is 79.8 cm³/mol. The molecule has 0 aromatic heterocycles. The van der Waals surface area contributed by atoms with Crippen LogP contribution in [0.3, 0.4) is 0 Å². The second kappa shape index (κ2) is 5.96. The van der Waals surface area contributed by atoms with E-state index >= 15 is 0 Å². The zero-order valence-electron chi connectivity index (χ0n) is 12.0. The summed E-state index contributed by atoms with van der Waals surface area (Å²) in [5, 5.41) is 19.7. The molecule has 7 heteroatoms. The van der Waals surface area contributed by atoms with Crippen molar-refractivity contribution in [3.63, 3.8) is 0 Å². The Balaban J connectivity index is 1.91. The Kier molecular flexibility index (Phi) is 3.84. The zero-order chi connectivity index (χ0) is 16.4. The van der Waals surface area contributed by atoms with Crippen LogP contribution in [0.4, 0.5) is 5.69 Å². The highest BCUT2D eigenvalue weighted by molar-refractivity contribution is 5.71. The first kappa shape index (κ1) is 14.8. The van der Waals surface area contributed by atoms with Crippen molar-refractivity contribution in [1.82, 2.24) is 0 Å². The van der Waals surface area contributed by atoms with E-state index in [0.29, 0.717) is 23.5 Å². The van der Waals surface area contributed by atoms with Gasteiger partial charge in [0.15, 0.2) is 11.5 Å². The third-order valence-corrected chi connectivity index (χ3v) is 3.58. The fraction of sp³-hybridized carbons (Fsp3) is 0.188. The second-order valence-corrected chi connectivity index (χ2v) is 5.15. The van der Waals surface area contributed by atoms with Gasteiger partial charge in [-0.25, -0.2) is 0 Å². The van der Waals surface area contributed by atoms with Gasteiger partial charge in [-0.2, -0.15) is 0 Å². The summed E-state index contributed by atoms with van der Waals surface area (Å²) in [6.45, 7) is 0.114. The topological polar surface area (TPSA) is 98.9 Å². The Hall–Kier alpha value is -3.09. The molecule has 3 rings (SSSR count). The Labute approximate surface area is 131 Å². The summed E-state index contributed by atoms with van der Waals surface area (Å²) in [4.78, 5) is 21.3. The number of benzene rings is 2. The normalized spacial score (nSPS) is 12.2. The lowest BCUT2D eigenvalue weighted by Crippen LogP contribution is -2.04. The zero-order valence-corrected chi connectivity index (χ0v) is 12.0. The Morgan fingerprint density at radius 1 is 1.13 bits per heavy atom. The number of hydrogen-bond acceptors (Lipinski definition) is 5. The number of nitrogens with zero attached hydrogens (tertiary/aromatic N) is 1. The number of fused-ring (bicyclic) bond motifs is 1. The lowest BCUT2D eigenvalue weighted by Gasteiger charge is -2.10. The van der Waals surface area contributed by atoms with Gasteiger partial charge in [0, 0.05) is 12.1 Å². The van der Waals surface area contributed by atoms with Crippen LogP contribution >= 0.6 is 0 Å². The molecular formula is C16H13NO6. The first-order valence-electron chi connectivity index (χ1n) is 6.89. The van der Waals surface area contributed by atoms with Gasteiger partial charge in [-0.1, -0.05) is 12.1 Å². The predicted octanol–water partition coefficient (Wildman–Crippen LogP) is 2.54. The molecule has 0 fully saturated rings. The van der Waals surface area contributed by atoms with Crippen LogP contribution in [0.25, 0.3) is 0 Å². The summed E-state index contributed by atoms with van der Waals surface area (Å²) in [5.74, 6) is 0.179. The molecule has 0 aliphatic carbocycles. The highest BCUT2D eigenvalue weighted by Gasteiger charge is 2.19. The van der Waals surface area contributed by atoms with Gasteiger partial charge in [-0.3, -0.25) is 14.9 Å². The molecule has 23 heavy (non-hydrogen) atoms. The molecule has 2 aromatic carbocycles. The van der Waals surface area contributed by atoms with E-state index in [1.807, 2.05) is 0 Å².